The van der Waals surface area contributed by atoms with Gasteiger partial charge in [0.1, 0.15) is 0 Å². The van der Waals surface area contributed by atoms with E-state index in [-0.39, 0.29) is 5.54 Å². The van der Waals surface area contributed by atoms with Gasteiger partial charge in [-0.1, -0.05) is 6.07 Å². The zero-order valence-corrected chi connectivity index (χ0v) is 11.0. The molecule has 0 aromatic heterocycles. The topological polar surface area (TPSA) is 15.3 Å². The summed E-state index contributed by atoms with van der Waals surface area (Å²) in [4.78, 5) is 2.26. The number of rotatable bonds is 5. The van der Waals surface area contributed by atoms with Crippen LogP contribution in [0.2, 0.25) is 0 Å². The average molecular weight is 254 g/mol. The molecule has 0 radical (unpaired) electrons. The Hall–Kier alpha value is -1.00. The van der Waals surface area contributed by atoms with Crippen LogP contribution < -0.4 is 5.32 Å². The summed E-state index contributed by atoms with van der Waals surface area (Å²) in [5.74, 6) is -1.57. The van der Waals surface area contributed by atoms with Crippen molar-refractivity contribution in [3.05, 3.63) is 35.4 Å². The van der Waals surface area contributed by atoms with Gasteiger partial charge in [0, 0.05) is 18.6 Å². The number of hydrogen-bond acceptors (Lipinski definition) is 2. The summed E-state index contributed by atoms with van der Waals surface area (Å²) >= 11 is 0. The predicted molar refractivity (Wildman–Crippen MR) is 68.3 cm³/mol. The molecule has 0 amide bonds. The van der Waals surface area contributed by atoms with Crippen LogP contribution in [-0.4, -0.2) is 31.1 Å². The zero-order chi connectivity index (χ0) is 13.2. The summed E-state index contributed by atoms with van der Waals surface area (Å²) in [7, 11) is 4.19. The second-order valence-electron chi connectivity index (χ2n) is 5.32. The van der Waals surface area contributed by atoms with Crippen molar-refractivity contribution in [1.29, 1.82) is 0 Å². The first kappa shape index (κ1) is 13.4. The maximum absolute atomic E-state index is 13.0. The van der Waals surface area contributed by atoms with Crippen LogP contribution in [0.5, 0.6) is 0 Å². The molecule has 100 valence electrons. The van der Waals surface area contributed by atoms with E-state index < -0.39 is 11.6 Å². The third-order valence-electron chi connectivity index (χ3n) is 4.00. The SMILES string of the molecule is CN(C)C1(CNCc2ccc(F)c(F)c2)CCC1. The Morgan fingerprint density at radius 1 is 1.22 bits per heavy atom. The predicted octanol–water partition coefficient (Wildman–Crippen LogP) is 2.54. The minimum absolute atomic E-state index is 0.249. The quantitative estimate of drug-likeness (QED) is 0.868. The van der Waals surface area contributed by atoms with Crippen LogP contribution >= 0.6 is 0 Å². The Balaban J connectivity index is 1.86. The molecule has 2 nitrogen and oxygen atoms in total. The number of nitrogens with one attached hydrogen (secondary N) is 1. The van der Waals surface area contributed by atoms with E-state index in [2.05, 4.69) is 24.3 Å². The first-order valence-corrected chi connectivity index (χ1v) is 6.36. The molecular weight excluding hydrogens is 234 g/mol. The molecule has 0 spiro atoms. The van der Waals surface area contributed by atoms with Crippen LogP contribution in [0.4, 0.5) is 8.78 Å². The third kappa shape index (κ3) is 2.70. The van der Waals surface area contributed by atoms with E-state index in [1.54, 1.807) is 6.07 Å². The molecule has 1 saturated carbocycles. The largest absolute Gasteiger partial charge is 0.311 e. The minimum Gasteiger partial charge on any atom is -0.311 e. The normalized spacial score (nSPS) is 17.8. The molecule has 0 atom stereocenters. The van der Waals surface area contributed by atoms with Crippen molar-refractivity contribution < 1.29 is 8.78 Å². The summed E-state index contributed by atoms with van der Waals surface area (Å²) in [5.41, 5.74) is 1.03. The summed E-state index contributed by atoms with van der Waals surface area (Å²) in [6.07, 6.45) is 3.67. The van der Waals surface area contributed by atoms with Crippen molar-refractivity contribution in [3.8, 4) is 0 Å². The van der Waals surface area contributed by atoms with E-state index in [0.29, 0.717) is 6.54 Å². The molecule has 2 rings (SSSR count). The zero-order valence-electron chi connectivity index (χ0n) is 11.0. The summed E-state index contributed by atoms with van der Waals surface area (Å²) in [6, 6.07) is 4.05. The Bertz CT molecular complexity index is 414. The van der Waals surface area contributed by atoms with Crippen molar-refractivity contribution in [3.63, 3.8) is 0 Å². The van der Waals surface area contributed by atoms with Crippen molar-refractivity contribution in [2.75, 3.05) is 20.6 Å². The van der Waals surface area contributed by atoms with Crippen molar-refractivity contribution in [2.45, 2.75) is 31.3 Å². The van der Waals surface area contributed by atoms with Gasteiger partial charge in [0.05, 0.1) is 0 Å². The molecule has 1 N–H and O–H groups in total. The fraction of sp³-hybridized carbons (Fsp3) is 0.571. The molecule has 0 bridgehead atoms. The number of likely N-dealkylation sites (N-methyl/N-ethyl adjacent to an activating group) is 1. The highest BCUT2D eigenvalue weighted by Gasteiger charge is 2.38. The van der Waals surface area contributed by atoms with Gasteiger partial charge >= 0.3 is 0 Å². The van der Waals surface area contributed by atoms with Crippen LogP contribution in [0, 0.1) is 11.6 Å². The molecule has 0 unspecified atom stereocenters. The van der Waals surface area contributed by atoms with Crippen LogP contribution in [0.1, 0.15) is 24.8 Å². The molecule has 1 fully saturated rings. The monoisotopic (exact) mass is 254 g/mol. The second-order valence-corrected chi connectivity index (χ2v) is 5.32. The highest BCUT2D eigenvalue weighted by Crippen LogP contribution is 2.35. The summed E-state index contributed by atoms with van der Waals surface area (Å²) in [6.45, 7) is 1.46. The Morgan fingerprint density at radius 2 is 1.94 bits per heavy atom. The maximum atomic E-state index is 13.0. The first-order chi connectivity index (χ1) is 8.53. The highest BCUT2D eigenvalue weighted by molar-refractivity contribution is 5.17. The average Bonchev–Trinajstić information content (AvgIpc) is 2.26. The fourth-order valence-corrected chi connectivity index (χ4v) is 2.46. The first-order valence-electron chi connectivity index (χ1n) is 6.36. The van der Waals surface area contributed by atoms with E-state index in [9.17, 15) is 8.78 Å². The maximum Gasteiger partial charge on any atom is 0.159 e. The van der Waals surface area contributed by atoms with E-state index in [1.807, 2.05) is 0 Å². The number of halogens is 2. The van der Waals surface area contributed by atoms with Crippen molar-refractivity contribution in [2.24, 2.45) is 0 Å². The van der Waals surface area contributed by atoms with E-state index >= 15 is 0 Å². The van der Waals surface area contributed by atoms with E-state index in [4.69, 9.17) is 0 Å². The fourth-order valence-electron chi connectivity index (χ4n) is 2.46. The van der Waals surface area contributed by atoms with E-state index in [0.717, 1.165) is 12.1 Å². The molecule has 1 aromatic rings. The Labute approximate surface area is 107 Å². The lowest BCUT2D eigenvalue weighted by molar-refractivity contribution is 0.0598. The standard InChI is InChI=1S/C14H20F2N2/c1-18(2)14(6-3-7-14)10-17-9-11-4-5-12(15)13(16)8-11/h4-5,8,17H,3,6-7,9-10H2,1-2H3. The third-order valence-corrected chi connectivity index (χ3v) is 4.00. The van der Waals surface area contributed by atoms with Crippen LogP contribution in [0.3, 0.4) is 0 Å². The van der Waals surface area contributed by atoms with Gasteiger partial charge in [-0.2, -0.15) is 0 Å². The van der Waals surface area contributed by atoms with Gasteiger partial charge < -0.3 is 10.2 Å². The van der Waals surface area contributed by atoms with Crippen molar-refractivity contribution >= 4 is 0 Å². The highest BCUT2D eigenvalue weighted by atomic mass is 19.2. The van der Waals surface area contributed by atoms with Crippen molar-refractivity contribution in [1.82, 2.24) is 10.2 Å². The smallest absolute Gasteiger partial charge is 0.159 e. The Morgan fingerprint density at radius 3 is 2.44 bits per heavy atom. The molecular formula is C14H20F2N2. The van der Waals surface area contributed by atoms with Gasteiger partial charge in [0.2, 0.25) is 0 Å². The molecule has 0 heterocycles. The van der Waals surface area contributed by atoms with Gasteiger partial charge in [0.15, 0.2) is 11.6 Å². The Kier molecular flexibility index (Phi) is 3.97. The molecule has 1 aromatic carbocycles. The lowest BCUT2D eigenvalue weighted by Crippen LogP contribution is -2.56. The number of benzene rings is 1. The molecule has 4 heteroatoms. The van der Waals surface area contributed by atoms with Crippen LogP contribution in [-0.2, 0) is 6.54 Å². The lowest BCUT2D eigenvalue weighted by Gasteiger charge is -2.47. The minimum atomic E-state index is -0.789. The summed E-state index contributed by atoms with van der Waals surface area (Å²) in [5, 5.41) is 3.34. The summed E-state index contributed by atoms with van der Waals surface area (Å²) < 4.78 is 25.8. The van der Waals surface area contributed by atoms with E-state index in [1.165, 1.54) is 31.4 Å². The number of hydrogen-bond donors (Lipinski definition) is 1. The molecule has 0 aliphatic heterocycles. The molecule has 0 saturated heterocycles. The van der Waals surface area contributed by atoms with Gasteiger partial charge in [-0.15, -0.1) is 0 Å². The second kappa shape index (κ2) is 5.33. The van der Waals surface area contributed by atoms with Gasteiger partial charge in [-0.05, 0) is 51.1 Å². The lowest BCUT2D eigenvalue weighted by atomic mass is 9.75. The molecule has 1 aliphatic rings. The number of nitrogens with zero attached hydrogens (tertiary/aromatic N) is 1. The van der Waals surface area contributed by atoms with Gasteiger partial charge in [0.25, 0.3) is 0 Å². The molecule has 18 heavy (non-hydrogen) atoms. The van der Waals surface area contributed by atoms with Crippen LogP contribution in [0.15, 0.2) is 18.2 Å². The van der Waals surface area contributed by atoms with Crippen LogP contribution in [0.25, 0.3) is 0 Å². The van der Waals surface area contributed by atoms with Gasteiger partial charge in [-0.25, -0.2) is 8.78 Å². The van der Waals surface area contributed by atoms with Gasteiger partial charge in [-0.3, -0.25) is 0 Å². The molecule has 1 aliphatic carbocycles.